The zero-order valence-electron chi connectivity index (χ0n) is 14.9. The Morgan fingerprint density at radius 2 is 1.93 bits per heavy atom. The lowest BCUT2D eigenvalue weighted by Gasteiger charge is -2.08. The number of aromatic nitrogens is 1. The molecule has 6 nitrogen and oxygen atoms in total. The van der Waals surface area contributed by atoms with Crippen LogP contribution in [0.4, 0.5) is 10.8 Å². The molecule has 1 amide bonds. The van der Waals surface area contributed by atoms with Gasteiger partial charge in [0.1, 0.15) is 5.69 Å². The van der Waals surface area contributed by atoms with E-state index in [0.717, 1.165) is 15.7 Å². The van der Waals surface area contributed by atoms with Crippen LogP contribution in [-0.2, 0) is 4.79 Å². The largest absolute Gasteiger partial charge is 0.282 e. The van der Waals surface area contributed by atoms with E-state index >= 15 is 0 Å². The molecule has 2 aromatic carbocycles. The van der Waals surface area contributed by atoms with Crippen LogP contribution in [-0.4, -0.2) is 22.6 Å². The van der Waals surface area contributed by atoms with Crippen LogP contribution < -0.4 is 5.01 Å². The maximum absolute atomic E-state index is 12.8. The molecule has 29 heavy (non-hydrogen) atoms. The molecule has 1 unspecified atom stereocenters. The van der Waals surface area contributed by atoms with Gasteiger partial charge in [0.15, 0.2) is 6.04 Å². The number of hydrogen-bond donors (Lipinski definition) is 0. The predicted octanol–water partition coefficient (Wildman–Crippen LogP) is 6.75. The molecular weight excluding hydrogens is 497 g/mol. The minimum absolute atomic E-state index is 0.318. The van der Waals surface area contributed by atoms with E-state index in [1.807, 2.05) is 29.6 Å². The Hall–Kier alpha value is -2.13. The van der Waals surface area contributed by atoms with Gasteiger partial charge < -0.3 is 0 Å². The van der Waals surface area contributed by atoms with Gasteiger partial charge in [-0.1, -0.05) is 51.3 Å². The van der Waals surface area contributed by atoms with Crippen molar-refractivity contribution < 1.29 is 4.79 Å². The second kappa shape index (κ2) is 8.31. The number of thiazole rings is 1. The minimum Gasteiger partial charge on any atom is -0.269 e. The SMILES string of the molecule is CC1=NN(c2nc(-c3ccc(Br)cc3)cs2)C(=O)C1N=Nc1cc(Cl)ccc1Cl. The smallest absolute Gasteiger partial charge is 0.269 e. The van der Waals surface area contributed by atoms with E-state index in [2.05, 4.69) is 36.2 Å². The molecule has 0 bridgehead atoms. The topological polar surface area (TPSA) is 70.3 Å². The Kier molecular flexibility index (Phi) is 5.78. The Bertz CT molecular complexity index is 1150. The van der Waals surface area contributed by atoms with Crippen molar-refractivity contribution >= 4 is 72.9 Å². The van der Waals surface area contributed by atoms with Crippen LogP contribution in [0.2, 0.25) is 10.0 Å². The first-order valence-electron chi connectivity index (χ1n) is 8.39. The number of azo groups is 1. The van der Waals surface area contributed by atoms with Gasteiger partial charge in [-0.25, -0.2) is 4.98 Å². The normalized spacial score (nSPS) is 16.7. The molecule has 0 N–H and O–H groups in total. The number of carbonyl (C=O) groups excluding carboxylic acids is 1. The molecule has 0 aliphatic carbocycles. The van der Waals surface area contributed by atoms with E-state index in [0.29, 0.717) is 26.6 Å². The Balaban J connectivity index is 1.55. The molecule has 146 valence electrons. The van der Waals surface area contributed by atoms with Gasteiger partial charge in [-0.3, -0.25) is 4.79 Å². The number of hydrogen-bond acceptors (Lipinski definition) is 6. The number of benzene rings is 2. The molecule has 0 saturated carbocycles. The highest BCUT2D eigenvalue weighted by atomic mass is 79.9. The second-order valence-corrected chi connectivity index (χ2v) is 8.72. The summed E-state index contributed by atoms with van der Waals surface area (Å²) in [6.07, 6.45) is 0. The zero-order valence-corrected chi connectivity index (χ0v) is 18.8. The van der Waals surface area contributed by atoms with E-state index in [-0.39, 0.29) is 5.91 Å². The monoisotopic (exact) mass is 507 g/mol. The van der Waals surface area contributed by atoms with Crippen molar-refractivity contribution in [3.63, 3.8) is 0 Å². The van der Waals surface area contributed by atoms with Gasteiger partial charge in [-0.05, 0) is 37.3 Å². The van der Waals surface area contributed by atoms with Gasteiger partial charge in [0, 0.05) is 20.4 Å². The summed E-state index contributed by atoms with van der Waals surface area (Å²) in [4.78, 5) is 17.4. The summed E-state index contributed by atoms with van der Waals surface area (Å²) < 4.78 is 0.986. The Morgan fingerprint density at radius 3 is 2.69 bits per heavy atom. The fourth-order valence-electron chi connectivity index (χ4n) is 2.62. The van der Waals surface area contributed by atoms with Crippen molar-refractivity contribution in [3.05, 3.63) is 62.4 Å². The molecule has 0 spiro atoms. The third kappa shape index (κ3) is 4.25. The molecule has 1 aromatic heterocycles. The first kappa shape index (κ1) is 20.2. The van der Waals surface area contributed by atoms with E-state index in [1.54, 1.807) is 25.1 Å². The van der Waals surface area contributed by atoms with Crippen LogP contribution in [0.3, 0.4) is 0 Å². The molecular formula is C19H12BrCl2N5OS. The van der Waals surface area contributed by atoms with Crippen LogP contribution in [0.15, 0.2) is 67.6 Å². The first-order valence-corrected chi connectivity index (χ1v) is 10.8. The number of hydrazone groups is 1. The van der Waals surface area contributed by atoms with Crippen LogP contribution >= 0.6 is 50.5 Å². The zero-order chi connectivity index (χ0) is 20.5. The number of amides is 1. The van der Waals surface area contributed by atoms with Gasteiger partial charge in [0.2, 0.25) is 5.13 Å². The lowest BCUT2D eigenvalue weighted by Crippen LogP contribution is -2.29. The van der Waals surface area contributed by atoms with Gasteiger partial charge in [0.25, 0.3) is 5.91 Å². The Morgan fingerprint density at radius 1 is 1.17 bits per heavy atom. The average molecular weight is 509 g/mol. The quantitative estimate of drug-likeness (QED) is 0.365. The van der Waals surface area contributed by atoms with Crippen LogP contribution in [0.25, 0.3) is 11.3 Å². The van der Waals surface area contributed by atoms with Gasteiger partial charge >= 0.3 is 0 Å². The first-order chi connectivity index (χ1) is 13.9. The highest BCUT2D eigenvalue weighted by molar-refractivity contribution is 9.10. The number of carbonyl (C=O) groups is 1. The van der Waals surface area contributed by atoms with Crippen molar-refractivity contribution in [2.24, 2.45) is 15.3 Å². The molecule has 10 heteroatoms. The Labute approximate surface area is 189 Å². The second-order valence-electron chi connectivity index (χ2n) is 6.13. The van der Waals surface area contributed by atoms with E-state index < -0.39 is 6.04 Å². The molecule has 0 saturated heterocycles. The summed E-state index contributed by atoms with van der Waals surface area (Å²) in [5.74, 6) is -0.318. The number of anilines is 1. The van der Waals surface area contributed by atoms with E-state index in [4.69, 9.17) is 23.2 Å². The highest BCUT2D eigenvalue weighted by Crippen LogP contribution is 2.32. The summed E-state index contributed by atoms with van der Waals surface area (Å²) in [5, 5.41) is 17.1. The van der Waals surface area contributed by atoms with Crippen LogP contribution in [0, 0.1) is 0 Å². The average Bonchev–Trinajstić information content (AvgIpc) is 3.28. The highest BCUT2D eigenvalue weighted by Gasteiger charge is 2.36. The van der Waals surface area contributed by atoms with Crippen LogP contribution in [0.5, 0.6) is 0 Å². The molecule has 4 rings (SSSR count). The van der Waals surface area contributed by atoms with Crippen molar-refractivity contribution in [2.45, 2.75) is 13.0 Å². The van der Waals surface area contributed by atoms with Gasteiger partial charge in [-0.15, -0.1) is 11.3 Å². The molecule has 1 atom stereocenters. The van der Waals surface area contributed by atoms with Crippen molar-refractivity contribution in [2.75, 3.05) is 5.01 Å². The summed E-state index contributed by atoms with van der Waals surface area (Å²) in [7, 11) is 0. The predicted molar refractivity (Wildman–Crippen MR) is 121 cm³/mol. The standard InChI is InChI=1S/C19H12BrCl2N5OS/c1-10-17(25-24-15-8-13(21)6-7-14(15)22)18(28)27(26-10)19-23-16(9-29-19)11-2-4-12(20)5-3-11/h2-9,17H,1H3. The van der Waals surface area contributed by atoms with Gasteiger partial charge in [-0.2, -0.15) is 20.3 Å². The molecule has 1 aliphatic rings. The fraction of sp³-hybridized carbons (Fsp3) is 0.105. The molecule has 2 heterocycles. The third-order valence-electron chi connectivity index (χ3n) is 4.10. The molecule has 0 fully saturated rings. The van der Waals surface area contributed by atoms with E-state index in [1.165, 1.54) is 16.3 Å². The number of rotatable bonds is 4. The number of nitrogens with zero attached hydrogens (tertiary/aromatic N) is 5. The van der Waals surface area contributed by atoms with Crippen molar-refractivity contribution in [1.29, 1.82) is 0 Å². The van der Waals surface area contributed by atoms with Crippen molar-refractivity contribution in [3.8, 4) is 11.3 Å². The molecule has 1 aliphatic heterocycles. The fourth-order valence-corrected chi connectivity index (χ4v) is 4.00. The maximum Gasteiger partial charge on any atom is 0.282 e. The third-order valence-corrected chi connectivity index (χ3v) is 6.00. The van der Waals surface area contributed by atoms with E-state index in [9.17, 15) is 4.79 Å². The summed E-state index contributed by atoms with van der Waals surface area (Å²) in [6.45, 7) is 1.73. The summed E-state index contributed by atoms with van der Waals surface area (Å²) in [5.41, 5.74) is 2.64. The number of halogens is 3. The van der Waals surface area contributed by atoms with Crippen LogP contribution in [0.1, 0.15) is 6.92 Å². The minimum atomic E-state index is -0.829. The summed E-state index contributed by atoms with van der Waals surface area (Å²) >= 11 is 16.8. The molecule has 0 radical (unpaired) electrons. The van der Waals surface area contributed by atoms with Crippen molar-refractivity contribution in [1.82, 2.24) is 4.98 Å². The lowest BCUT2D eigenvalue weighted by atomic mass is 10.2. The summed E-state index contributed by atoms with van der Waals surface area (Å²) in [6, 6.07) is 11.8. The molecule has 3 aromatic rings. The lowest BCUT2D eigenvalue weighted by molar-refractivity contribution is -0.117. The van der Waals surface area contributed by atoms with Gasteiger partial charge in [0.05, 0.1) is 16.4 Å². The maximum atomic E-state index is 12.8.